The van der Waals surface area contributed by atoms with E-state index in [9.17, 15) is 4.79 Å². The predicted molar refractivity (Wildman–Crippen MR) is 63.7 cm³/mol. The first-order chi connectivity index (χ1) is 6.54. The van der Waals surface area contributed by atoms with Crippen molar-refractivity contribution in [1.82, 2.24) is 4.98 Å². The molecular formula is C12H23NO. The van der Waals surface area contributed by atoms with Gasteiger partial charge in [0.1, 0.15) is 0 Å². The Morgan fingerprint density at radius 1 is 1.21 bits per heavy atom. The maximum absolute atomic E-state index is 10.6. The molecule has 0 spiro atoms. The maximum Gasteiger partial charge on any atom is 0.250 e. The van der Waals surface area contributed by atoms with E-state index in [0.717, 1.165) is 11.5 Å². The minimum atomic E-state index is -0.00694. The number of aromatic amines is 1. The van der Waals surface area contributed by atoms with Crippen LogP contribution in [0.4, 0.5) is 0 Å². The Hall–Kier alpha value is -1.05. The van der Waals surface area contributed by atoms with Gasteiger partial charge in [-0.05, 0) is 18.9 Å². The van der Waals surface area contributed by atoms with Crippen LogP contribution in [-0.2, 0) is 0 Å². The predicted octanol–water partition coefficient (Wildman–Crippen LogP) is 3.37. The van der Waals surface area contributed by atoms with E-state index < -0.39 is 0 Å². The first-order valence-electron chi connectivity index (χ1n) is 5.18. The average Bonchev–Trinajstić information content (AvgIpc) is 2.13. The van der Waals surface area contributed by atoms with E-state index >= 15 is 0 Å². The molecule has 0 radical (unpaired) electrons. The van der Waals surface area contributed by atoms with Crippen LogP contribution in [0.5, 0.6) is 0 Å². The first-order valence-corrected chi connectivity index (χ1v) is 5.18. The van der Waals surface area contributed by atoms with Crippen LogP contribution in [0.2, 0.25) is 0 Å². The molecule has 14 heavy (non-hydrogen) atoms. The molecule has 2 nitrogen and oxygen atoms in total. The SMILES string of the molecule is CC.CC(C)C.Cc1ccc[nH]c1=O. The van der Waals surface area contributed by atoms with Gasteiger partial charge in [0.05, 0.1) is 0 Å². The van der Waals surface area contributed by atoms with Gasteiger partial charge in [-0.25, -0.2) is 0 Å². The standard InChI is InChI=1S/C6H7NO.C4H10.C2H6/c1-5-3-2-4-7-6(5)8;1-4(2)3;1-2/h2-4H,1H3,(H,7,8);4H,1-3H3;1-2H3. The fourth-order valence-corrected chi connectivity index (χ4v) is 0.506. The quantitative estimate of drug-likeness (QED) is 0.679. The lowest BCUT2D eigenvalue weighted by molar-refractivity contribution is 0.737. The van der Waals surface area contributed by atoms with Crippen molar-refractivity contribution in [3.05, 3.63) is 34.2 Å². The van der Waals surface area contributed by atoms with Crippen LogP contribution in [0, 0.1) is 12.8 Å². The molecule has 0 bridgehead atoms. The summed E-state index contributed by atoms with van der Waals surface area (Å²) < 4.78 is 0. The molecule has 1 N–H and O–H groups in total. The zero-order valence-electron chi connectivity index (χ0n) is 10.2. The highest BCUT2D eigenvalue weighted by atomic mass is 16.1. The van der Waals surface area contributed by atoms with Gasteiger partial charge in [-0.15, -0.1) is 0 Å². The molecule has 1 aromatic rings. The second-order valence-electron chi connectivity index (χ2n) is 3.41. The molecule has 1 aromatic heterocycles. The summed E-state index contributed by atoms with van der Waals surface area (Å²) in [4.78, 5) is 13.1. The minimum absolute atomic E-state index is 0.00694. The van der Waals surface area contributed by atoms with Crippen molar-refractivity contribution in [2.24, 2.45) is 5.92 Å². The zero-order chi connectivity index (χ0) is 11.6. The number of pyridine rings is 1. The van der Waals surface area contributed by atoms with Gasteiger partial charge in [0.2, 0.25) is 0 Å². The highest BCUT2D eigenvalue weighted by molar-refractivity contribution is 5.05. The number of rotatable bonds is 0. The summed E-state index contributed by atoms with van der Waals surface area (Å²) in [7, 11) is 0. The van der Waals surface area contributed by atoms with E-state index in [1.807, 2.05) is 13.8 Å². The summed E-state index contributed by atoms with van der Waals surface area (Å²) in [5, 5.41) is 0. The van der Waals surface area contributed by atoms with E-state index in [-0.39, 0.29) is 5.56 Å². The minimum Gasteiger partial charge on any atom is -0.329 e. The molecule has 0 aliphatic heterocycles. The summed E-state index contributed by atoms with van der Waals surface area (Å²) in [6.07, 6.45) is 1.62. The molecule has 1 rings (SSSR count). The number of aryl methyl sites for hydroxylation is 1. The van der Waals surface area contributed by atoms with Crippen molar-refractivity contribution in [1.29, 1.82) is 0 Å². The van der Waals surface area contributed by atoms with Gasteiger partial charge in [-0.3, -0.25) is 4.79 Å². The van der Waals surface area contributed by atoms with Crippen LogP contribution in [-0.4, -0.2) is 4.98 Å². The van der Waals surface area contributed by atoms with Gasteiger partial charge < -0.3 is 4.98 Å². The van der Waals surface area contributed by atoms with Crippen LogP contribution in [0.3, 0.4) is 0 Å². The summed E-state index contributed by atoms with van der Waals surface area (Å²) in [6.45, 7) is 12.3. The van der Waals surface area contributed by atoms with Crippen molar-refractivity contribution in [2.75, 3.05) is 0 Å². The fourth-order valence-electron chi connectivity index (χ4n) is 0.506. The molecule has 0 saturated carbocycles. The molecule has 0 saturated heterocycles. The van der Waals surface area contributed by atoms with E-state index in [0.29, 0.717) is 0 Å². The average molecular weight is 197 g/mol. The number of hydrogen-bond donors (Lipinski definition) is 1. The van der Waals surface area contributed by atoms with Crippen molar-refractivity contribution in [3.8, 4) is 0 Å². The summed E-state index contributed by atoms with van der Waals surface area (Å²) in [6, 6.07) is 3.58. The second kappa shape index (κ2) is 10.0. The molecule has 0 aromatic carbocycles. The Balaban J connectivity index is 0. The Bertz CT molecular complexity index is 260. The highest BCUT2D eigenvalue weighted by Gasteiger charge is 1.83. The summed E-state index contributed by atoms with van der Waals surface area (Å²) in [5.74, 6) is 0.833. The lowest BCUT2D eigenvalue weighted by Crippen LogP contribution is -2.06. The molecule has 0 aliphatic rings. The van der Waals surface area contributed by atoms with Crippen molar-refractivity contribution in [2.45, 2.75) is 41.5 Å². The Kier molecular flexibility index (Phi) is 11.1. The van der Waals surface area contributed by atoms with Crippen LogP contribution in [0.15, 0.2) is 23.1 Å². The van der Waals surface area contributed by atoms with E-state index in [1.54, 1.807) is 25.3 Å². The number of aromatic nitrogens is 1. The number of nitrogens with one attached hydrogen (secondary N) is 1. The molecule has 82 valence electrons. The monoisotopic (exact) mass is 197 g/mol. The summed E-state index contributed by atoms with van der Waals surface area (Å²) >= 11 is 0. The third-order valence-corrected chi connectivity index (χ3v) is 1.02. The van der Waals surface area contributed by atoms with Gasteiger partial charge in [-0.2, -0.15) is 0 Å². The van der Waals surface area contributed by atoms with Crippen LogP contribution >= 0.6 is 0 Å². The van der Waals surface area contributed by atoms with Crippen molar-refractivity contribution < 1.29 is 0 Å². The lowest BCUT2D eigenvalue weighted by Gasteiger charge is -1.83. The molecule has 2 heteroatoms. The topological polar surface area (TPSA) is 32.9 Å². The summed E-state index contributed by atoms with van der Waals surface area (Å²) in [5.41, 5.74) is 0.750. The second-order valence-corrected chi connectivity index (χ2v) is 3.41. The zero-order valence-corrected chi connectivity index (χ0v) is 10.2. The van der Waals surface area contributed by atoms with E-state index in [1.165, 1.54) is 0 Å². The Labute approximate surface area is 87.4 Å². The largest absolute Gasteiger partial charge is 0.329 e. The van der Waals surface area contributed by atoms with Gasteiger partial charge in [0, 0.05) is 11.8 Å². The third kappa shape index (κ3) is 11.0. The smallest absolute Gasteiger partial charge is 0.250 e. The molecule has 0 fully saturated rings. The van der Waals surface area contributed by atoms with Gasteiger partial charge in [-0.1, -0.05) is 40.7 Å². The molecule has 0 atom stereocenters. The van der Waals surface area contributed by atoms with Crippen LogP contribution in [0.25, 0.3) is 0 Å². The van der Waals surface area contributed by atoms with Crippen molar-refractivity contribution in [3.63, 3.8) is 0 Å². The van der Waals surface area contributed by atoms with E-state index in [4.69, 9.17) is 0 Å². The Morgan fingerprint density at radius 2 is 1.64 bits per heavy atom. The molecule has 0 aliphatic carbocycles. The maximum atomic E-state index is 10.6. The first kappa shape index (κ1) is 15.4. The lowest BCUT2D eigenvalue weighted by atomic mass is 10.3. The number of H-pyrrole nitrogens is 1. The van der Waals surface area contributed by atoms with Gasteiger partial charge in [0.15, 0.2) is 0 Å². The van der Waals surface area contributed by atoms with Crippen LogP contribution in [0.1, 0.15) is 40.2 Å². The molecule has 0 amide bonds. The molecular weight excluding hydrogens is 174 g/mol. The highest BCUT2D eigenvalue weighted by Crippen LogP contribution is 1.81. The Morgan fingerprint density at radius 3 is 1.86 bits per heavy atom. The number of hydrogen-bond acceptors (Lipinski definition) is 1. The van der Waals surface area contributed by atoms with Crippen molar-refractivity contribution >= 4 is 0 Å². The fraction of sp³-hybridized carbons (Fsp3) is 0.583. The van der Waals surface area contributed by atoms with E-state index in [2.05, 4.69) is 25.8 Å². The molecule has 0 unspecified atom stereocenters. The third-order valence-electron chi connectivity index (χ3n) is 1.02. The van der Waals surface area contributed by atoms with Crippen LogP contribution < -0.4 is 5.56 Å². The normalized spacial score (nSPS) is 8.21. The van der Waals surface area contributed by atoms with Gasteiger partial charge >= 0.3 is 0 Å². The molecule has 1 heterocycles. The van der Waals surface area contributed by atoms with Gasteiger partial charge in [0.25, 0.3) is 5.56 Å².